The molecule has 1 amide bonds. The van der Waals surface area contributed by atoms with E-state index >= 15 is 0 Å². The number of nitrogens with one attached hydrogen (secondary N) is 1. The monoisotopic (exact) mass is 379 g/mol. The standard InChI is InChI=1S/C20H14FN3O2S/c21-15-8-6-13(7-9-15)12-22-19(25)17-11-10-16(27-17)18-23-20(26-24-18)14-4-2-1-3-5-14/h1-11H,12H2,(H,22,25). The largest absolute Gasteiger partial charge is 0.347 e. The predicted molar refractivity (Wildman–Crippen MR) is 101 cm³/mol. The Morgan fingerprint density at radius 2 is 1.81 bits per heavy atom. The summed E-state index contributed by atoms with van der Waals surface area (Å²) in [6, 6.07) is 19.0. The van der Waals surface area contributed by atoms with E-state index in [9.17, 15) is 9.18 Å². The van der Waals surface area contributed by atoms with Crippen molar-refractivity contribution < 1.29 is 13.7 Å². The van der Waals surface area contributed by atoms with E-state index in [1.165, 1.54) is 23.5 Å². The second-order valence-electron chi connectivity index (χ2n) is 5.76. The predicted octanol–water partition coefficient (Wildman–Crippen LogP) is 4.53. The molecule has 7 heteroatoms. The quantitative estimate of drug-likeness (QED) is 0.553. The van der Waals surface area contributed by atoms with Crippen LogP contribution in [0.2, 0.25) is 0 Å². The zero-order valence-corrected chi connectivity index (χ0v) is 14.9. The van der Waals surface area contributed by atoms with Crippen LogP contribution in [-0.4, -0.2) is 16.0 Å². The van der Waals surface area contributed by atoms with Crippen molar-refractivity contribution in [2.75, 3.05) is 0 Å². The average molecular weight is 379 g/mol. The van der Waals surface area contributed by atoms with Crippen LogP contribution in [-0.2, 0) is 6.54 Å². The van der Waals surface area contributed by atoms with Gasteiger partial charge in [0, 0.05) is 12.1 Å². The van der Waals surface area contributed by atoms with E-state index in [-0.39, 0.29) is 11.7 Å². The van der Waals surface area contributed by atoms with Gasteiger partial charge in [-0.2, -0.15) is 4.98 Å². The molecule has 0 aliphatic heterocycles. The molecule has 134 valence electrons. The Morgan fingerprint density at radius 3 is 2.59 bits per heavy atom. The maximum atomic E-state index is 12.9. The summed E-state index contributed by atoms with van der Waals surface area (Å²) in [6.07, 6.45) is 0. The van der Waals surface area contributed by atoms with E-state index < -0.39 is 0 Å². The molecule has 4 aromatic rings. The number of amides is 1. The third-order valence-corrected chi connectivity index (χ3v) is 4.94. The van der Waals surface area contributed by atoms with Crippen molar-refractivity contribution in [1.82, 2.24) is 15.5 Å². The highest BCUT2D eigenvalue weighted by Gasteiger charge is 2.15. The van der Waals surface area contributed by atoms with Crippen molar-refractivity contribution in [1.29, 1.82) is 0 Å². The highest BCUT2D eigenvalue weighted by Crippen LogP contribution is 2.28. The minimum atomic E-state index is -0.303. The van der Waals surface area contributed by atoms with E-state index in [4.69, 9.17) is 4.52 Å². The van der Waals surface area contributed by atoms with E-state index in [0.29, 0.717) is 23.1 Å². The van der Waals surface area contributed by atoms with E-state index in [1.54, 1.807) is 24.3 Å². The highest BCUT2D eigenvalue weighted by atomic mass is 32.1. The molecule has 2 aromatic heterocycles. The minimum Gasteiger partial charge on any atom is -0.347 e. The molecule has 1 N–H and O–H groups in total. The topological polar surface area (TPSA) is 68.0 Å². The van der Waals surface area contributed by atoms with E-state index in [2.05, 4.69) is 15.5 Å². The van der Waals surface area contributed by atoms with Gasteiger partial charge in [-0.1, -0.05) is 35.5 Å². The molecule has 0 saturated carbocycles. The van der Waals surface area contributed by atoms with Crippen molar-refractivity contribution in [3.8, 4) is 22.2 Å². The molecule has 5 nitrogen and oxygen atoms in total. The van der Waals surface area contributed by atoms with Crippen LogP contribution in [0.15, 0.2) is 71.3 Å². The smallest absolute Gasteiger partial charge is 0.261 e. The van der Waals surface area contributed by atoms with Crippen LogP contribution in [0, 0.1) is 5.82 Å². The number of benzene rings is 2. The van der Waals surface area contributed by atoms with Crippen molar-refractivity contribution in [3.05, 3.63) is 83.0 Å². The Morgan fingerprint density at radius 1 is 1.04 bits per heavy atom. The van der Waals surface area contributed by atoms with E-state index in [0.717, 1.165) is 16.0 Å². The van der Waals surface area contributed by atoms with Crippen molar-refractivity contribution in [2.24, 2.45) is 0 Å². The van der Waals surface area contributed by atoms with Crippen LogP contribution in [0.3, 0.4) is 0 Å². The summed E-state index contributed by atoms with van der Waals surface area (Å²) in [5, 5.41) is 6.81. The van der Waals surface area contributed by atoms with Crippen molar-refractivity contribution in [3.63, 3.8) is 0 Å². The Hall–Kier alpha value is -3.32. The van der Waals surface area contributed by atoms with Gasteiger partial charge < -0.3 is 9.84 Å². The molecule has 0 unspecified atom stereocenters. The molecule has 4 rings (SSSR count). The number of carbonyl (C=O) groups excluding carboxylic acids is 1. The van der Waals surface area contributed by atoms with Gasteiger partial charge in [-0.25, -0.2) is 4.39 Å². The normalized spacial score (nSPS) is 10.7. The summed E-state index contributed by atoms with van der Waals surface area (Å²) in [5.74, 6) is 0.364. The van der Waals surface area contributed by atoms with Crippen LogP contribution in [0.4, 0.5) is 4.39 Å². The average Bonchev–Trinajstić information content (AvgIpc) is 3.37. The molecule has 0 aliphatic carbocycles. The summed E-state index contributed by atoms with van der Waals surface area (Å²) in [6.45, 7) is 0.326. The second kappa shape index (κ2) is 7.51. The van der Waals surface area contributed by atoms with Crippen LogP contribution < -0.4 is 5.32 Å². The van der Waals surface area contributed by atoms with Gasteiger partial charge in [-0.05, 0) is 42.0 Å². The number of hydrogen-bond donors (Lipinski definition) is 1. The Balaban J connectivity index is 1.44. The fourth-order valence-corrected chi connectivity index (χ4v) is 3.32. The first-order valence-electron chi connectivity index (χ1n) is 8.21. The van der Waals surface area contributed by atoms with Crippen molar-refractivity contribution >= 4 is 17.2 Å². The molecule has 27 heavy (non-hydrogen) atoms. The first-order chi connectivity index (χ1) is 13.2. The van der Waals surface area contributed by atoms with Gasteiger partial charge in [0.15, 0.2) is 0 Å². The molecule has 0 fully saturated rings. The molecule has 0 spiro atoms. The minimum absolute atomic E-state index is 0.206. The van der Waals surface area contributed by atoms with Crippen LogP contribution in [0.1, 0.15) is 15.2 Å². The van der Waals surface area contributed by atoms with Gasteiger partial charge in [0.2, 0.25) is 5.82 Å². The lowest BCUT2D eigenvalue weighted by Crippen LogP contribution is -2.21. The first-order valence-corrected chi connectivity index (χ1v) is 9.03. The third-order valence-electron chi connectivity index (χ3n) is 3.86. The zero-order chi connectivity index (χ0) is 18.6. The second-order valence-corrected chi connectivity index (χ2v) is 6.85. The summed E-state index contributed by atoms with van der Waals surface area (Å²) in [5.41, 5.74) is 1.66. The molecular formula is C20H14FN3O2S. The maximum Gasteiger partial charge on any atom is 0.261 e. The summed E-state index contributed by atoms with van der Waals surface area (Å²) >= 11 is 1.28. The Labute approximate surface area is 158 Å². The summed E-state index contributed by atoms with van der Waals surface area (Å²) in [7, 11) is 0. The molecular weight excluding hydrogens is 365 g/mol. The van der Waals surface area contributed by atoms with Gasteiger partial charge in [0.05, 0.1) is 9.75 Å². The number of carbonyl (C=O) groups is 1. The van der Waals surface area contributed by atoms with Gasteiger partial charge in [0.1, 0.15) is 5.82 Å². The fraction of sp³-hybridized carbons (Fsp3) is 0.0500. The van der Waals surface area contributed by atoms with Crippen LogP contribution >= 0.6 is 11.3 Å². The molecule has 0 saturated heterocycles. The summed E-state index contributed by atoms with van der Waals surface area (Å²) < 4.78 is 18.2. The molecule has 0 radical (unpaired) electrons. The maximum absolute atomic E-state index is 12.9. The molecule has 2 aromatic carbocycles. The van der Waals surface area contributed by atoms with Gasteiger partial charge >= 0.3 is 0 Å². The summed E-state index contributed by atoms with van der Waals surface area (Å²) in [4.78, 5) is 18.0. The number of rotatable bonds is 5. The van der Waals surface area contributed by atoms with E-state index in [1.807, 2.05) is 30.3 Å². The number of halogens is 1. The van der Waals surface area contributed by atoms with Gasteiger partial charge in [-0.15, -0.1) is 11.3 Å². The Kier molecular flexibility index (Phi) is 4.76. The van der Waals surface area contributed by atoms with Crippen molar-refractivity contribution in [2.45, 2.75) is 6.54 Å². The number of thiophene rings is 1. The highest BCUT2D eigenvalue weighted by molar-refractivity contribution is 7.17. The lowest BCUT2D eigenvalue weighted by Gasteiger charge is -2.03. The number of aromatic nitrogens is 2. The lowest BCUT2D eigenvalue weighted by molar-refractivity contribution is 0.0955. The lowest BCUT2D eigenvalue weighted by atomic mass is 10.2. The molecule has 0 bridgehead atoms. The first kappa shape index (κ1) is 17.1. The van der Waals surface area contributed by atoms with Gasteiger partial charge in [-0.3, -0.25) is 4.79 Å². The SMILES string of the molecule is O=C(NCc1ccc(F)cc1)c1ccc(-c2noc(-c3ccccc3)n2)s1. The number of nitrogens with zero attached hydrogens (tertiary/aromatic N) is 2. The molecule has 0 atom stereocenters. The zero-order valence-electron chi connectivity index (χ0n) is 14.1. The van der Waals surface area contributed by atoms with Crippen LogP contribution in [0.5, 0.6) is 0 Å². The molecule has 0 aliphatic rings. The Bertz CT molecular complexity index is 1060. The fourth-order valence-electron chi connectivity index (χ4n) is 2.47. The number of hydrogen-bond acceptors (Lipinski definition) is 5. The molecule has 2 heterocycles. The third kappa shape index (κ3) is 3.93. The van der Waals surface area contributed by atoms with Gasteiger partial charge in [0.25, 0.3) is 11.8 Å². The van der Waals surface area contributed by atoms with Crippen LogP contribution in [0.25, 0.3) is 22.2 Å².